The number of allylic oxidation sites excluding steroid dienone is 1. The number of anilines is 1. The highest BCUT2D eigenvalue weighted by Crippen LogP contribution is 2.18. The van der Waals surface area contributed by atoms with Gasteiger partial charge in [-0.1, -0.05) is 23.8 Å². The van der Waals surface area contributed by atoms with Gasteiger partial charge < -0.3 is 5.32 Å². The third kappa shape index (κ3) is 2.25. The van der Waals surface area contributed by atoms with E-state index in [0.717, 1.165) is 10.7 Å². The predicted octanol–water partition coefficient (Wildman–Crippen LogP) is 3.47. The van der Waals surface area contributed by atoms with Gasteiger partial charge in [0.25, 0.3) is 0 Å². The molecular formula is C11H12ClN. The molecule has 0 unspecified atom stereocenters. The quantitative estimate of drug-likeness (QED) is 0.710. The second kappa shape index (κ2) is 3.84. The highest BCUT2D eigenvalue weighted by molar-refractivity contribution is 6.30. The molecule has 2 rings (SSSR count). The molecule has 2 heteroatoms. The van der Waals surface area contributed by atoms with Gasteiger partial charge in [-0.2, -0.15) is 0 Å². The minimum absolute atomic E-state index is 0.501. The van der Waals surface area contributed by atoms with E-state index in [1.165, 1.54) is 12.8 Å². The normalized spacial score (nSPS) is 20.5. The second-order valence-corrected chi connectivity index (χ2v) is 3.70. The summed E-state index contributed by atoms with van der Waals surface area (Å²) in [6, 6.07) is 8.33. The van der Waals surface area contributed by atoms with Gasteiger partial charge in [0, 0.05) is 16.8 Å². The van der Waals surface area contributed by atoms with Gasteiger partial charge in [-0.15, -0.1) is 0 Å². The maximum Gasteiger partial charge on any atom is 0.0447 e. The van der Waals surface area contributed by atoms with Crippen molar-refractivity contribution in [3.63, 3.8) is 0 Å². The minimum atomic E-state index is 0.501. The van der Waals surface area contributed by atoms with Crippen LogP contribution < -0.4 is 5.32 Å². The van der Waals surface area contributed by atoms with Crippen LogP contribution in [0, 0.1) is 0 Å². The summed E-state index contributed by atoms with van der Waals surface area (Å²) in [6.07, 6.45) is 6.82. The molecule has 1 aliphatic rings. The van der Waals surface area contributed by atoms with Crippen molar-refractivity contribution in [1.29, 1.82) is 0 Å². The van der Waals surface area contributed by atoms with E-state index in [1.54, 1.807) is 0 Å². The first-order chi connectivity index (χ1) is 6.34. The Kier molecular flexibility index (Phi) is 2.55. The van der Waals surface area contributed by atoms with Crippen LogP contribution in [0.15, 0.2) is 36.4 Å². The molecule has 0 amide bonds. The molecule has 68 valence electrons. The fourth-order valence-electron chi connectivity index (χ4n) is 1.51. The fourth-order valence-corrected chi connectivity index (χ4v) is 1.64. The first kappa shape index (κ1) is 8.64. The summed E-state index contributed by atoms with van der Waals surface area (Å²) in [4.78, 5) is 0. The lowest BCUT2D eigenvalue weighted by atomic mass is 10.2. The van der Waals surface area contributed by atoms with Crippen LogP contribution in [-0.2, 0) is 0 Å². The Hall–Kier alpha value is -0.950. The number of nitrogens with one attached hydrogen (secondary N) is 1. The van der Waals surface area contributed by atoms with E-state index in [9.17, 15) is 0 Å². The molecule has 1 aliphatic carbocycles. The maximum atomic E-state index is 5.79. The molecule has 1 N–H and O–H groups in total. The van der Waals surface area contributed by atoms with Gasteiger partial charge in [0.2, 0.25) is 0 Å². The average Bonchev–Trinajstić information content (AvgIpc) is 2.62. The number of benzene rings is 1. The van der Waals surface area contributed by atoms with Crippen molar-refractivity contribution in [2.45, 2.75) is 18.9 Å². The van der Waals surface area contributed by atoms with Crippen LogP contribution in [0.5, 0.6) is 0 Å². The van der Waals surface area contributed by atoms with E-state index >= 15 is 0 Å². The zero-order valence-electron chi connectivity index (χ0n) is 7.33. The average molecular weight is 194 g/mol. The molecule has 0 fully saturated rings. The summed E-state index contributed by atoms with van der Waals surface area (Å²) in [5.74, 6) is 0. The molecule has 1 nitrogen and oxygen atoms in total. The monoisotopic (exact) mass is 193 g/mol. The van der Waals surface area contributed by atoms with E-state index < -0.39 is 0 Å². The molecule has 0 bridgehead atoms. The van der Waals surface area contributed by atoms with Gasteiger partial charge in [0.15, 0.2) is 0 Å². The molecule has 0 radical (unpaired) electrons. The summed E-state index contributed by atoms with van der Waals surface area (Å²) < 4.78 is 0. The number of rotatable bonds is 2. The van der Waals surface area contributed by atoms with Crippen LogP contribution in [0.3, 0.4) is 0 Å². The molecule has 1 aromatic carbocycles. The third-order valence-electron chi connectivity index (χ3n) is 2.21. The Labute approximate surface area is 83.4 Å². The van der Waals surface area contributed by atoms with Gasteiger partial charge in [-0.25, -0.2) is 0 Å². The van der Waals surface area contributed by atoms with E-state index in [0.29, 0.717) is 6.04 Å². The standard InChI is InChI=1S/C11H12ClN/c12-9-5-7-11(8-6-9)13-10-3-1-2-4-10/h1,3,5-8,10,13H,2,4H2/t10-/m0/s1. The van der Waals surface area contributed by atoms with E-state index in [2.05, 4.69) is 17.5 Å². The molecule has 0 saturated heterocycles. The topological polar surface area (TPSA) is 12.0 Å². The molecular weight excluding hydrogens is 182 g/mol. The summed E-state index contributed by atoms with van der Waals surface area (Å²) in [7, 11) is 0. The molecule has 0 spiro atoms. The largest absolute Gasteiger partial charge is 0.379 e. The number of hydrogen-bond donors (Lipinski definition) is 1. The third-order valence-corrected chi connectivity index (χ3v) is 2.46. The number of hydrogen-bond acceptors (Lipinski definition) is 1. The number of halogens is 1. The molecule has 1 atom stereocenters. The molecule has 0 heterocycles. The Morgan fingerprint density at radius 2 is 2.00 bits per heavy atom. The highest BCUT2D eigenvalue weighted by atomic mass is 35.5. The summed E-state index contributed by atoms with van der Waals surface area (Å²) >= 11 is 5.79. The molecule has 1 aromatic rings. The van der Waals surface area contributed by atoms with Crippen LogP contribution in [0.4, 0.5) is 5.69 Å². The zero-order valence-corrected chi connectivity index (χ0v) is 8.09. The van der Waals surface area contributed by atoms with Crippen molar-refractivity contribution >= 4 is 17.3 Å². The molecule has 0 aliphatic heterocycles. The lowest BCUT2D eigenvalue weighted by Gasteiger charge is -2.11. The molecule has 13 heavy (non-hydrogen) atoms. The van der Waals surface area contributed by atoms with Crippen LogP contribution in [0.25, 0.3) is 0 Å². The van der Waals surface area contributed by atoms with Gasteiger partial charge in [0.1, 0.15) is 0 Å². The molecule has 0 aromatic heterocycles. The SMILES string of the molecule is Clc1ccc(N[C@H]2C=CCC2)cc1. The second-order valence-electron chi connectivity index (χ2n) is 3.26. The van der Waals surface area contributed by atoms with Crippen molar-refractivity contribution in [1.82, 2.24) is 0 Å². The van der Waals surface area contributed by atoms with Crippen molar-refractivity contribution in [2.24, 2.45) is 0 Å². The lowest BCUT2D eigenvalue weighted by Crippen LogP contribution is -2.12. The van der Waals surface area contributed by atoms with Crippen LogP contribution in [-0.4, -0.2) is 6.04 Å². The van der Waals surface area contributed by atoms with Gasteiger partial charge in [-0.05, 0) is 37.1 Å². The predicted molar refractivity (Wildman–Crippen MR) is 57.2 cm³/mol. The zero-order chi connectivity index (χ0) is 9.10. The van der Waals surface area contributed by atoms with Crippen LogP contribution >= 0.6 is 11.6 Å². The Bertz CT molecular complexity index is 302. The van der Waals surface area contributed by atoms with Crippen LogP contribution in [0.1, 0.15) is 12.8 Å². The molecule has 0 saturated carbocycles. The van der Waals surface area contributed by atoms with Crippen molar-refractivity contribution in [3.05, 3.63) is 41.4 Å². The van der Waals surface area contributed by atoms with E-state index in [-0.39, 0.29) is 0 Å². The highest BCUT2D eigenvalue weighted by Gasteiger charge is 2.07. The van der Waals surface area contributed by atoms with Crippen molar-refractivity contribution in [3.8, 4) is 0 Å². The smallest absolute Gasteiger partial charge is 0.0447 e. The first-order valence-corrected chi connectivity index (χ1v) is 4.91. The van der Waals surface area contributed by atoms with Gasteiger partial charge >= 0.3 is 0 Å². The van der Waals surface area contributed by atoms with Crippen molar-refractivity contribution in [2.75, 3.05) is 5.32 Å². The minimum Gasteiger partial charge on any atom is -0.379 e. The fraction of sp³-hybridized carbons (Fsp3) is 0.273. The van der Waals surface area contributed by atoms with E-state index in [1.807, 2.05) is 24.3 Å². The summed E-state index contributed by atoms with van der Waals surface area (Å²) in [5, 5.41) is 4.21. The summed E-state index contributed by atoms with van der Waals surface area (Å²) in [5.41, 5.74) is 1.14. The Balaban J connectivity index is 2.01. The Morgan fingerprint density at radius 1 is 1.23 bits per heavy atom. The van der Waals surface area contributed by atoms with E-state index in [4.69, 9.17) is 11.6 Å². The van der Waals surface area contributed by atoms with Crippen molar-refractivity contribution < 1.29 is 0 Å². The Morgan fingerprint density at radius 3 is 2.62 bits per heavy atom. The first-order valence-electron chi connectivity index (χ1n) is 4.53. The summed E-state index contributed by atoms with van der Waals surface area (Å²) in [6.45, 7) is 0. The lowest BCUT2D eigenvalue weighted by molar-refractivity contribution is 0.826. The van der Waals surface area contributed by atoms with Crippen LogP contribution in [0.2, 0.25) is 5.02 Å². The van der Waals surface area contributed by atoms with Gasteiger partial charge in [0.05, 0.1) is 0 Å². The maximum absolute atomic E-state index is 5.79. The van der Waals surface area contributed by atoms with Gasteiger partial charge in [-0.3, -0.25) is 0 Å².